The molecule has 3 N–H and O–H groups in total. The second-order valence-corrected chi connectivity index (χ2v) is 5.07. The van der Waals surface area contributed by atoms with E-state index in [9.17, 15) is 5.11 Å². The summed E-state index contributed by atoms with van der Waals surface area (Å²) in [6, 6.07) is 8.50. The molecule has 1 aliphatic rings. The Morgan fingerprint density at radius 1 is 1.47 bits per heavy atom. The molecule has 0 saturated heterocycles. The number of nitrogens with two attached hydrogens (primary N) is 1. The van der Waals surface area contributed by atoms with Gasteiger partial charge in [0.05, 0.1) is 24.4 Å². The molecule has 1 aromatic heterocycles. The summed E-state index contributed by atoms with van der Waals surface area (Å²) in [4.78, 5) is 0. The summed E-state index contributed by atoms with van der Waals surface area (Å²) in [6.07, 6.45) is 4.55. The van der Waals surface area contributed by atoms with Crippen LogP contribution >= 0.6 is 0 Å². The van der Waals surface area contributed by atoms with Gasteiger partial charge in [-0.05, 0) is 25.3 Å². The number of fused-ring (bicyclic) bond motifs is 1. The Bertz CT molecular complexity index is 536. The molecule has 4 nitrogen and oxygen atoms in total. The van der Waals surface area contributed by atoms with Crippen LogP contribution in [-0.4, -0.2) is 27.0 Å². The van der Waals surface area contributed by atoms with Gasteiger partial charge in [0.1, 0.15) is 0 Å². The van der Waals surface area contributed by atoms with E-state index in [1.54, 1.807) is 0 Å². The highest BCUT2D eigenvalue weighted by atomic mass is 16.3. The lowest BCUT2D eigenvalue weighted by molar-refractivity contribution is 0.195. The molecule has 3 rings (SSSR count). The lowest BCUT2D eigenvalue weighted by Crippen LogP contribution is -2.40. The van der Waals surface area contributed by atoms with E-state index in [4.69, 9.17) is 5.73 Å². The van der Waals surface area contributed by atoms with Gasteiger partial charge in [-0.3, -0.25) is 4.68 Å². The van der Waals surface area contributed by atoms with E-state index in [2.05, 4.69) is 21.9 Å². The lowest BCUT2D eigenvalue weighted by atomic mass is 10.0. The normalized spacial score (nSPS) is 28.9. The molecule has 1 aromatic carbocycles. The Hall–Kier alpha value is -1.39. The van der Waals surface area contributed by atoms with Crippen LogP contribution in [0.5, 0.6) is 0 Å². The monoisotopic (exact) mass is 231 g/mol. The van der Waals surface area contributed by atoms with Gasteiger partial charge in [-0.15, -0.1) is 0 Å². The number of para-hydroxylation sites is 1. The van der Waals surface area contributed by atoms with E-state index in [0.717, 1.165) is 30.2 Å². The Morgan fingerprint density at radius 3 is 3.06 bits per heavy atom. The fraction of sp³-hybridized carbons (Fsp3) is 0.462. The van der Waals surface area contributed by atoms with Crippen LogP contribution in [0.15, 0.2) is 30.5 Å². The maximum atomic E-state index is 9.30. The van der Waals surface area contributed by atoms with E-state index in [0.29, 0.717) is 6.04 Å². The van der Waals surface area contributed by atoms with E-state index in [1.807, 2.05) is 18.3 Å². The third-order valence-corrected chi connectivity index (χ3v) is 3.78. The highest BCUT2D eigenvalue weighted by Gasteiger charge is 2.36. The average Bonchev–Trinajstić information content (AvgIpc) is 2.93. The second kappa shape index (κ2) is 3.82. The molecule has 0 spiro atoms. The minimum atomic E-state index is -0.419. The lowest BCUT2D eigenvalue weighted by Gasteiger charge is -2.21. The molecule has 1 aliphatic carbocycles. The zero-order valence-corrected chi connectivity index (χ0v) is 9.71. The van der Waals surface area contributed by atoms with Gasteiger partial charge >= 0.3 is 0 Å². The molecular formula is C13H17N3O. The van der Waals surface area contributed by atoms with Gasteiger partial charge in [-0.25, -0.2) is 0 Å². The maximum absolute atomic E-state index is 9.30. The SMILES string of the molecule is NC1(CO)CCC(n2ncc3ccccc32)C1. The van der Waals surface area contributed by atoms with Crippen LogP contribution in [0.2, 0.25) is 0 Å². The molecule has 17 heavy (non-hydrogen) atoms. The quantitative estimate of drug-likeness (QED) is 0.822. The zero-order chi connectivity index (χ0) is 11.9. The number of nitrogens with zero attached hydrogens (tertiary/aromatic N) is 2. The summed E-state index contributed by atoms with van der Waals surface area (Å²) in [5, 5.41) is 14.9. The highest BCUT2D eigenvalue weighted by molar-refractivity contribution is 5.78. The summed E-state index contributed by atoms with van der Waals surface area (Å²) in [6.45, 7) is 0.0582. The third-order valence-electron chi connectivity index (χ3n) is 3.78. The van der Waals surface area contributed by atoms with Crippen molar-refractivity contribution in [1.82, 2.24) is 9.78 Å². The number of rotatable bonds is 2. The van der Waals surface area contributed by atoms with Gasteiger partial charge < -0.3 is 10.8 Å². The first kappa shape index (κ1) is 10.7. The molecule has 0 amide bonds. The molecule has 0 radical (unpaired) electrons. The van der Waals surface area contributed by atoms with Crippen LogP contribution in [0, 0.1) is 0 Å². The zero-order valence-electron chi connectivity index (χ0n) is 9.71. The van der Waals surface area contributed by atoms with Crippen molar-refractivity contribution in [2.24, 2.45) is 5.73 Å². The van der Waals surface area contributed by atoms with Crippen molar-refractivity contribution in [3.05, 3.63) is 30.5 Å². The Balaban J connectivity index is 1.95. The molecule has 1 saturated carbocycles. The standard InChI is InChI=1S/C13H17N3O/c14-13(9-17)6-5-11(7-13)16-12-4-2-1-3-10(12)8-15-16/h1-4,8,11,17H,5-7,9,14H2. The van der Waals surface area contributed by atoms with Gasteiger partial charge in [0.25, 0.3) is 0 Å². The van der Waals surface area contributed by atoms with Crippen LogP contribution in [0.1, 0.15) is 25.3 Å². The van der Waals surface area contributed by atoms with E-state index < -0.39 is 5.54 Å². The molecule has 0 bridgehead atoms. The summed E-state index contributed by atoms with van der Waals surface area (Å²) < 4.78 is 2.06. The molecule has 2 unspecified atom stereocenters. The van der Waals surface area contributed by atoms with Crippen molar-refractivity contribution in [2.75, 3.05) is 6.61 Å². The predicted molar refractivity (Wildman–Crippen MR) is 66.6 cm³/mol. The molecule has 2 aromatic rings. The largest absolute Gasteiger partial charge is 0.394 e. The fourth-order valence-corrected chi connectivity index (χ4v) is 2.76. The van der Waals surface area contributed by atoms with Crippen molar-refractivity contribution in [3.63, 3.8) is 0 Å². The first-order valence-corrected chi connectivity index (χ1v) is 6.04. The first-order chi connectivity index (χ1) is 8.22. The van der Waals surface area contributed by atoms with Crippen LogP contribution in [-0.2, 0) is 0 Å². The minimum Gasteiger partial charge on any atom is -0.394 e. The van der Waals surface area contributed by atoms with Crippen molar-refractivity contribution in [2.45, 2.75) is 30.8 Å². The average molecular weight is 231 g/mol. The van der Waals surface area contributed by atoms with Gasteiger partial charge in [-0.2, -0.15) is 5.10 Å². The van der Waals surface area contributed by atoms with Crippen molar-refractivity contribution in [3.8, 4) is 0 Å². The maximum Gasteiger partial charge on any atom is 0.0685 e. The number of aromatic nitrogens is 2. The number of aliphatic hydroxyl groups is 1. The third kappa shape index (κ3) is 1.73. The first-order valence-electron chi connectivity index (χ1n) is 6.04. The smallest absolute Gasteiger partial charge is 0.0685 e. The number of aliphatic hydroxyl groups excluding tert-OH is 1. The molecule has 0 aliphatic heterocycles. The predicted octanol–water partition coefficient (Wildman–Crippen LogP) is 1.45. The number of hydrogen-bond acceptors (Lipinski definition) is 3. The molecule has 1 fully saturated rings. The molecule has 1 heterocycles. The Kier molecular flexibility index (Phi) is 2.42. The van der Waals surface area contributed by atoms with Crippen molar-refractivity contribution >= 4 is 10.9 Å². The molecular weight excluding hydrogens is 214 g/mol. The highest BCUT2D eigenvalue weighted by Crippen LogP contribution is 2.36. The fourth-order valence-electron chi connectivity index (χ4n) is 2.76. The minimum absolute atomic E-state index is 0.0582. The summed E-state index contributed by atoms with van der Waals surface area (Å²) in [5.41, 5.74) is 6.84. The van der Waals surface area contributed by atoms with Gasteiger partial charge in [0, 0.05) is 10.9 Å². The van der Waals surface area contributed by atoms with Crippen LogP contribution in [0.25, 0.3) is 10.9 Å². The van der Waals surface area contributed by atoms with Gasteiger partial charge in [-0.1, -0.05) is 18.2 Å². The van der Waals surface area contributed by atoms with Gasteiger partial charge in [0.2, 0.25) is 0 Å². The van der Waals surface area contributed by atoms with Crippen LogP contribution in [0.3, 0.4) is 0 Å². The van der Waals surface area contributed by atoms with Crippen molar-refractivity contribution < 1.29 is 5.11 Å². The van der Waals surface area contributed by atoms with E-state index >= 15 is 0 Å². The van der Waals surface area contributed by atoms with Crippen LogP contribution in [0.4, 0.5) is 0 Å². The second-order valence-electron chi connectivity index (χ2n) is 5.07. The summed E-state index contributed by atoms with van der Waals surface area (Å²) in [7, 11) is 0. The van der Waals surface area contributed by atoms with Crippen LogP contribution < -0.4 is 5.73 Å². The van der Waals surface area contributed by atoms with Gasteiger partial charge in [0.15, 0.2) is 0 Å². The summed E-state index contributed by atoms with van der Waals surface area (Å²) in [5.74, 6) is 0. The number of hydrogen-bond donors (Lipinski definition) is 2. The molecule has 4 heteroatoms. The Morgan fingerprint density at radius 2 is 2.29 bits per heavy atom. The van der Waals surface area contributed by atoms with E-state index in [1.165, 1.54) is 0 Å². The summed E-state index contributed by atoms with van der Waals surface area (Å²) >= 11 is 0. The van der Waals surface area contributed by atoms with Crippen molar-refractivity contribution in [1.29, 1.82) is 0 Å². The number of benzene rings is 1. The molecule has 2 atom stereocenters. The Labute approximate surface area is 100 Å². The molecule has 90 valence electrons. The van der Waals surface area contributed by atoms with E-state index in [-0.39, 0.29) is 6.61 Å². The topological polar surface area (TPSA) is 64.1 Å².